The van der Waals surface area contributed by atoms with E-state index in [4.69, 9.17) is 0 Å². The number of hydrogen-bond donors (Lipinski definition) is 1. The van der Waals surface area contributed by atoms with Crippen LogP contribution < -0.4 is 5.32 Å². The fourth-order valence-electron chi connectivity index (χ4n) is 7.03. The van der Waals surface area contributed by atoms with Crippen LogP contribution in [0.4, 0.5) is 0 Å². The van der Waals surface area contributed by atoms with E-state index in [1.54, 1.807) is 0 Å². The first-order valence-electron chi connectivity index (χ1n) is 11.2. The molecule has 1 atom stereocenters. The van der Waals surface area contributed by atoms with E-state index >= 15 is 0 Å². The van der Waals surface area contributed by atoms with Gasteiger partial charge in [-0.2, -0.15) is 0 Å². The molecule has 1 heterocycles. The number of piperidine rings is 1. The van der Waals surface area contributed by atoms with Crippen LogP contribution in [0.1, 0.15) is 74.2 Å². The number of rotatable bonds is 4. The molecule has 3 heteroatoms. The van der Waals surface area contributed by atoms with Crippen molar-refractivity contribution in [2.75, 3.05) is 13.1 Å². The average molecular weight is 367 g/mol. The lowest BCUT2D eigenvalue weighted by molar-refractivity contribution is -0.0167. The second-order valence-corrected chi connectivity index (χ2v) is 10.3. The standard InChI is InChI=1S/C24H34N2O/c1-17-3-2-8-26(15-17)16-18-4-6-22(7-5-18)23(27)25-24-12-19-9-20(13-24)11-21(10-19)14-24/h4-7,17,19-21H,2-3,8-16H2,1H3,(H,25,27)/t17-,19?,20?,21?,24?/m0/s1. The van der Waals surface area contributed by atoms with E-state index in [9.17, 15) is 4.79 Å². The lowest BCUT2D eigenvalue weighted by Gasteiger charge is -2.56. The summed E-state index contributed by atoms with van der Waals surface area (Å²) in [4.78, 5) is 15.5. The zero-order chi connectivity index (χ0) is 18.4. The largest absolute Gasteiger partial charge is 0.347 e. The third kappa shape index (κ3) is 3.68. The lowest BCUT2D eigenvalue weighted by Crippen LogP contribution is -2.59. The van der Waals surface area contributed by atoms with E-state index in [1.165, 1.54) is 70.0 Å². The summed E-state index contributed by atoms with van der Waals surface area (Å²) >= 11 is 0. The molecule has 4 bridgehead atoms. The van der Waals surface area contributed by atoms with E-state index in [-0.39, 0.29) is 11.4 Å². The molecule has 0 spiro atoms. The van der Waals surface area contributed by atoms with Crippen LogP contribution in [0.3, 0.4) is 0 Å². The molecule has 6 rings (SSSR count). The molecule has 27 heavy (non-hydrogen) atoms. The molecule has 0 radical (unpaired) electrons. The summed E-state index contributed by atoms with van der Waals surface area (Å²) in [6.45, 7) is 5.78. The number of carbonyl (C=O) groups excluding carboxylic acids is 1. The number of nitrogens with zero attached hydrogens (tertiary/aromatic N) is 1. The molecular weight excluding hydrogens is 332 g/mol. The quantitative estimate of drug-likeness (QED) is 0.843. The molecule has 4 aliphatic carbocycles. The maximum atomic E-state index is 13.0. The highest BCUT2D eigenvalue weighted by atomic mass is 16.1. The van der Waals surface area contributed by atoms with Crippen LogP contribution in [-0.2, 0) is 6.54 Å². The Labute approximate surface area is 163 Å². The number of carbonyl (C=O) groups is 1. The second-order valence-electron chi connectivity index (χ2n) is 10.3. The molecule has 1 N–H and O–H groups in total. The van der Waals surface area contributed by atoms with Gasteiger partial charge in [-0.05, 0) is 99.3 Å². The van der Waals surface area contributed by atoms with E-state index in [1.807, 2.05) is 12.1 Å². The summed E-state index contributed by atoms with van der Waals surface area (Å²) in [5.41, 5.74) is 2.27. The summed E-state index contributed by atoms with van der Waals surface area (Å²) in [6, 6.07) is 8.40. The normalized spacial score (nSPS) is 38.1. The van der Waals surface area contributed by atoms with Gasteiger partial charge < -0.3 is 5.32 Å². The molecule has 1 aromatic carbocycles. The highest BCUT2D eigenvalue weighted by Gasteiger charge is 2.51. The van der Waals surface area contributed by atoms with Gasteiger partial charge in [-0.25, -0.2) is 0 Å². The van der Waals surface area contributed by atoms with Gasteiger partial charge in [-0.1, -0.05) is 19.1 Å². The van der Waals surface area contributed by atoms with Gasteiger partial charge in [0.05, 0.1) is 0 Å². The predicted octanol–water partition coefficient (Wildman–Crippen LogP) is 4.62. The maximum absolute atomic E-state index is 13.0. The summed E-state index contributed by atoms with van der Waals surface area (Å²) in [5.74, 6) is 3.56. The maximum Gasteiger partial charge on any atom is 0.251 e. The van der Waals surface area contributed by atoms with Crippen molar-refractivity contribution in [1.29, 1.82) is 0 Å². The molecule has 4 saturated carbocycles. The average Bonchev–Trinajstić information content (AvgIpc) is 2.61. The first-order chi connectivity index (χ1) is 13.1. The third-order valence-corrected chi connectivity index (χ3v) is 7.78. The zero-order valence-corrected chi connectivity index (χ0v) is 16.8. The zero-order valence-electron chi connectivity index (χ0n) is 16.8. The van der Waals surface area contributed by atoms with Gasteiger partial charge in [0.25, 0.3) is 5.91 Å². The summed E-state index contributed by atoms with van der Waals surface area (Å²) in [7, 11) is 0. The Morgan fingerprint density at radius 2 is 1.70 bits per heavy atom. The first kappa shape index (κ1) is 17.7. The topological polar surface area (TPSA) is 32.3 Å². The van der Waals surface area contributed by atoms with Crippen molar-refractivity contribution in [2.24, 2.45) is 23.7 Å². The molecule has 1 aromatic rings. The van der Waals surface area contributed by atoms with Gasteiger partial charge in [-0.3, -0.25) is 9.69 Å². The molecule has 0 aromatic heterocycles. The smallest absolute Gasteiger partial charge is 0.251 e. The Kier molecular flexibility index (Phi) is 4.54. The van der Waals surface area contributed by atoms with Crippen LogP contribution in [0.25, 0.3) is 0 Å². The van der Waals surface area contributed by atoms with E-state index in [0.717, 1.165) is 35.8 Å². The van der Waals surface area contributed by atoms with Crippen LogP contribution in [0.2, 0.25) is 0 Å². The Balaban J connectivity index is 1.22. The van der Waals surface area contributed by atoms with E-state index < -0.39 is 0 Å². The molecule has 1 saturated heterocycles. The fraction of sp³-hybridized carbons (Fsp3) is 0.708. The lowest BCUT2D eigenvalue weighted by atomic mass is 9.53. The summed E-state index contributed by atoms with van der Waals surface area (Å²) < 4.78 is 0. The predicted molar refractivity (Wildman–Crippen MR) is 108 cm³/mol. The van der Waals surface area contributed by atoms with Crippen LogP contribution >= 0.6 is 0 Å². The number of nitrogens with one attached hydrogen (secondary N) is 1. The fourth-order valence-corrected chi connectivity index (χ4v) is 7.03. The minimum absolute atomic E-state index is 0.106. The number of likely N-dealkylation sites (tertiary alicyclic amines) is 1. The Morgan fingerprint density at radius 3 is 2.30 bits per heavy atom. The van der Waals surface area contributed by atoms with Crippen molar-refractivity contribution in [3.8, 4) is 0 Å². The van der Waals surface area contributed by atoms with Gasteiger partial charge in [0.2, 0.25) is 0 Å². The van der Waals surface area contributed by atoms with Crippen molar-refractivity contribution in [2.45, 2.75) is 70.4 Å². The molecule has 5 fully saturated rings. The SMILES string of the molecule is C[C@H]1CCCN(Cc2ccc(C(=O)NC34CC5CC(CC(C5)C3)C4)cc2)C1. The van der Waals surface area contributed by atoms with Gasteiger partial charge in [0.15, 0.2) is 0 Å². The third-order valence-electron chi connectivity index (χ3n) is 7.78. The molecule has 5 aliphatic rings. The van der Waals surface area contributed by atoms with Crippen molar-refractivity contribution < 1.29 is 4.79 Å². The molecule has 146 valence electrons. The summed E-state index contributed by atoms with van der Waals surface area (Å²) in [6.07, 6.45) is 10.6. The van der Waals surface area contributed by atoms with E-state index in [2.05, 4.69) is 29.3 Å². The Morgan fingerprint density at radius 1 is 1.07 bits per heavy atom. The van der Waals surface area contributed by atoms with Gasteiger partial charge in [0.1, 0.15) is 0 Å². The molecule has 1 amide bonds. The van der Waals surface area contributed by atoms with Crippen molar-refractivity contribution in [3.63, 3.8) is 0 Å². The highest BCUT2D eigenvalue weighted by molar-refractivity contribution is 5.94. The van der Waals surface area contributed by atoms with Gasteiger partial charge in [-0.15, -0.1) is 0 Å². The molecule has 3 nitrogen and oxygen atoms in total. The number of benzene rings is 1. The Hall–Kier alpha value is -1.35. The molecule has 0 unspecified atom stereocenters. The molecule has 1 aliphatic heterocycles. The summed E-state index contributed by atoms with van der Waals surface area (Å²) in [5, 5.41) is 3.50. The van der Waals surface area contributed by atoms with Crippen molar-refractivity contribution >= 4 is 5.91 Å². The van der Waals surface area contributed by atoms with Gasteiger partial charge in [0, 0.05) is 24.2 Å². The first-order valence-corrected chi connectivity index (χ1v) is 11.2. The minimum atomic E-state index is 0.106. The Bertz CT molecular complexity index is 660. The monoisotopic (exact) mass is 366 g/mol. The second kappa shape index (κ2) is 6.92. The van der Waals surface area contributed by atoms with Crippen molar-refractivity contribution in [3.05, 3.63) is 35.4 Å². The number of hydrogen-bond acceptors (Lipinski definition) is 2. The van der Waals surface area contributed by atoms with E-state index in [0.29, 0.717) is 0 Å². The van der Waals surface area contributed by atoms with Gasteiger partial charge >= 0.3 is 0 Å². The number of amides is 1. The van der Waals surface area contributed by atoms with Crippen LogP contribution in [-0.4, -0.2) is 29.4 Å². The van der Waals surface area contributed by atoms with Crippen LogP contribution in [0.5, 0.6) is 0 Å². The molecular formula is C24H34N2O. The van der Waals surface area contributed by atoms with Crippen LogP contribution in [0, 0.1) is 23.7 Å². The van der Waals surface area contributed by atoms with Crippen LogP contribution in [0.15, 0.2) is 24.3 Å². The minimum Gasteiger partial charge on any atom is -0.347 e. The van der Waals surface area contributed by atoms with Crippen molar-refractivity contribution in [1.82, 2.24) is 10.2 Å². The highest BCUT2D eigenvalue weighted by Crippen LogP contribution is 2.55.